The third-order valence-corrected chi connectivity index (χ3v) is 5.71. The average molecular weight is 424 g/mol. The summed E-state index contributed by atoms with van der Waals surface area (Å²) in [6.07, 6.45) is 2.41. The van der Waals surface area contributed by atoms with E-state index in [1.54, 1.807) is 35.8 Å². The second-order valence-corrected chi connectivity index (χ2v) is 7.60. The third kappa shape index (κ3) is 3.54. The highest BCUT2D eigenvalue weighted by molar-refractivity contribution is 6.45. The number of carboxylic acid groups (broad SMARTS) is 1. The van der Waals surface area contributed by atoms with Crippen molar-refractivity contribution >= 4 is 28.6 Å². The zero-order valence-electron chi connectivity index (χ0n) is 16.9. The topological polar surface area (TPSA) is 112 Å². The third-order valence-electron chi connectivity index (χ3n) is 5.71. The highest BCUT2D eigenvalue weighted by Gasteiger charge is 2.30. The highest BCUT2D eigenvalue weighted by Crippen LogP contribution is 2.41. The predicted octanol–water partition coefficient (Wildman–Crippen LogP) is 2.76. The number of hydrogen-bond acceptors (Lipinski definition) is 4. The van der Waals surface area contributed by atoms with Crippen LogP contribution in [0, 0.1) is 12.7 Å². The molecular weight excluding hydrogens is 403 g/mol. The van der Waals surface area contributed by atoms with E-state index in [-0.39, 0.29) is 23.7 Å². The lowest BCUT2D eigenvalue weighted by Crippen LogP contribution is -2.24. The number of rotatable bonds is 7. The Morgan fingerprint density at radius 1 is 1.23 bits per heavy atom. The number of aromatic nitrogens is 1. The first kappa shape index (κ1) is 20.6. The van der Waals surface area contributed by atoms with Gasteiger partial charge in [0.25, 0.3) is 11.7 Å². The fourth-order valence-electron chi connectivity index (χ4n) is 4.37. The molecule has 0 spiro atoms. The largest absolute Gasteiger partial charge is 0.481 e. The van der Waals surface area contributed by atoms with E-state index >= 15 is 0 Å². The number of ketones is 1. The number of hydrogen-bond donors (Lipinski definition) is 2. The maximum Gasteiger partial charge on any atom is 0.341 e. The number of halogens is 1. The van der Waals surface area contributed by atoms with Crippen LogP contribution in [0.3, 0.4) is 0 Å². The number of aliphatic carboxylic acids is 1. The van der Waals surface area contributed by atoms with Gasteiger partial charge < -0.3 is 20.1 Å². The molecule has 1 aromatic heterocycles. The van der Waals surface area contributed by atoms with Crippen LogP contribution in [0.1, 0.15) is 39.2 Å². The van der Waals surface area contributed by atoms with Crippen LogP contribution in [0.25, 0.3) is 10.9 Å². The minimum Gasteiger partial charge on any atom is -0.481 e. The molecule has 0 fully saturated rings. The molecular formula is C23H21FN2O5. The van der Waals surface area contributed by atoms with Crippen molar-refractivity contribution in [2.45, 2.75) is 32.7 Å². The highest BCUT2D eigenvalue weighted by atomic mass is 19.1. The first-order valence-corrected chi connectivity index (χ1v) is 9.89. The van der Waals surface area contributed by atoms with Crippen LogP contribution in [-0.2, 0) is 29.0 Å². The fourth-order valence-corrected chi connectivity index (χ4v) is 4.37. The Morgan fingerprint density at radius 2 is 1.97 bits per heavy atom. The van der Waals surface area contributed by atoms with Gasteiger partial charge in [-0.2, -0.15) is 0 Å². The van der Waals surface area contributed by atoms with Gasteiger partial charge in [0.15, 0.2) is 6.61 Å². The Morgan fingerprint density at radius 3 is 2.65 bits per heavy atom. The summed E-state index contributed by atoms with van der Waals surface area (Å²) in [7, 11) is 0. The molecule has 0 unspecified atom stereocenters. The molecule has 0 atom stereocenters. The maximum atomic E-state index is 14.4. The van der Waals surface area contributed by atoms with Gasteiger partial charge in [0, 0.05) is 11.3 Å². The molecule has 2 aromatic carbocycles. The van der Waals surface area contributed by atoms with E-state index in [0.29, 0.717) is 22.2 Å². The Balaban J connectivity index is 2.04. The number of aryl methyl sites for hydroxylation is 2. The molecule has 3 aromatic rings. The van der Waals surface area contributed by atoms with E-state index in [0.717, 1.165) is 30.4 Å². The maximum absolute atomic E-state index is 14.4. The van der Waals surface area contributed by atoms with Crippen LogP contribution in [0.2, 0.25) is 0 Å². The van der Waals surface area contributed by atoms with Gasteiger partial charge in [-0.1, -0.05) is 18.2 Å². The van der Waals surface area contributed by atoms with E-state index in [1.165, 1.54) is 6.07 Å². The number of Topliss-reactive ketones (excluding diaryl/α,β-unsaturated/α-hetero) is 1. The number of carbonyl (C=O) groups excluding carboxylic acids is 2. The van der Waals surface area contributed by atoms with Crippen LogP contribution < -0.4 is 10.5 Å². The summed E-state index contributed by atoms with van der Waals surface area (Å²) in [5, 5.41) is 9.43. The second-order valence-electron chi connectivity index (χ2n) is 7.60. The van der Waals surface area contributed by atoms with E-state index in [2.05, 4.69) is 0 Å². The molecule has 7 nitrogen and oxygen atoms in total. The smallest absolute Gasteiger partial charge is 0.341 e. The summed E-state index contributed by atoms with van der Waals surface area (Å²) < 4.78 is 21.7. The molecule has 1 aliphatic carbocycles. The molecule has 160 valence electrons. The van der Waals surface area contributed by atoms with Crippen LogP contribution in [0.4, 0.5) is 4.39 Å². The number of benzene rings is 2. The van der Waals surface area contributed by atoms with E-state index in [4.69, 9.17) is 15.6 Å². The van der Waals surface area contributed by atoms with E-state index < -0.39 is 24.3 Å². The monoisotopic (exact) mass is 424 g/mol. The van der Waals surface area contributed by atoms with Crippen molar-refractivity contribution < 1.29 is 28.6 Å². The molecule has 1 amide bonds. The molecule has 0 aliphatic heterocycles. The number of fused-ring (bicyclic) bond motifs is 3. The molecule has 0 saturated heterocycles. The van der Waals surface area contributed by atoms with Crippen molar-refractivity contribution in [3.05, 3.63) is 64.1 Å². The van der Waals surface area contributed by atoms with Gasteiger partial charge in [0.2, 0.25) is 0 Å². The number of amides is 1. The minimum absolute atomic E-state index is 0.0638. The SMILES string of the molecule is Cc1c(C(=O)C(N)=O)c2c(OCC(=O)O)cc3c(c2n1Cc1ccccc1F)CCC3. The zero-order chi connectivity index (χ0) is 22.3. The summed E-state index contributed by atoms with van der Waals surface area (Å²) in [4.78, 5) is 35.7. The number of carbonyl (C=O) groups is 3. The van der Waals surface area contributed by atoms with Crippen LogP contribution in [0.15, 0.2) is 30.3 Å². The Hall–Kier alpha value is -3.68. The molecule has 0 radical (unpaired) electrons. The van der Waals surface area contributed by atoms with Crippen LogP contribution in [0.5, 0.6) is 5.75 Å². The normalized spacial score (nSPS) is 12.7. The molecule has 4 rings (SSSR count). The van der Waals surface area contributed by atoms with Gasteiger partial charge in [-0.25, -0.2) is 9.18 Å². The number of nitrogens with two attached hydrogens (primary N) is 1. The lowest BCUT2D eigenvalue weighted by Gasteiger charge is -2.14. The Bertz CT molecular complexity index is 1240. The molecule has 1 heterocycles. The van der Waals surface area contributed by atoms with E-state index in [1.807, 2.05) is 0 Å². The van der Waals surface area contributed by atoms with Crippen molar-refractivity contribution in [1.29, 1.82) is 0 Å². The summed E-state index contributed by atoms with van der Waals surface area (Å²) in [5.41, 5.74) is 8.86. The average Bonchev–Trinajstić information content (AvgIpc) is 3.30. The van der Waals surface area contributed by atoms with Crippen molar-refractivity contribution in [1.82, 2.24) is 4.57 Å². The Labute approximate surface area is 177 Å². The predicted molar refractivity (Wildman–Crippen MR) is 111 cm³/mol. The van der Waals surface area contributed by atoms with Crippen molar-refractivity contribution in [3.63, 3.8) is 0 Å². The van der Waals surface area contributed by atoms with Crippen molar-refractivity contribution in [2.75, 3.05) is 6.61 Å². The molecule has 0 saturated carbocycles. The number of carboxylic acids is 1. The molecule has 1 aliphatic rings. The van der Waals surface area contributed by atoms with Gasteiger partial charge in [0.05, 0.1) is 23.0 Å². The number of primary amides is 1. The molecule has 31 heavy (non-hydrogen) atoms. The lowest BCUT2D eigenvalue weighted by molar-refractivity contribution is -0.139. The summed E-state index contributed by atoms with van der Waals surface area (Å²) in [6, 6.07) is 8.06. The first-order valence-electron chi connectivity index (χ1n) is 9.89. The second kappa shape index (κ2) is 7.86. The zero-order valence-corrected chi connectivity index (χ0v) is 16.9. The standard InChI is InChI=1S/C23H21FN2O5/c1-12-19(22(29)23(25)30)20-17(31-11-18(27)28)9-13-6-4-7-15(13)21(20)26(12)10-14-5-2-3-8-16(14)24/h2-3,5,8-9H,4,6-7,10-11H2,1H3,(H2,25,30)(H,27,28). The van der Waals surface area contributed by atoms with Gasteiger partial charge in [0.1, 0.15) is 11.6 Å². The van der Waals surface area contributed by atoms with Crippen molar-refractivity contribution in [2.24, 2.45) is 5.73 Å². The van der Waals surface area contributed by atoms with Crippen LogP contribution >= 0.6 is 0 Å². The van der Waals surface area contributed by atoms with Gasteiger partial charge in [-0.15, -0.1) is 0 Å². The Kier molecular flexibility index (Phi) is 5.22. The summed E-state index contributed by atoms with van der Waals surface area (Å²) >= 11 is 0. The summed E-state index contributed by atoms with van der Waals surface area (Å²) in [5.74, 6) is -3.37. The van der Waals surface area contributed by atoms with Gasteiger partial charge >= 0.3 is 5.97 Å². The van der Waals surface area contributed by atoms with E-state index in [9.17, 15) is 18.8 Å². The molecule has 0 bridgehead atoms. The van der Waals surface area contributed by atoms with Gasteiger partial charge in [-0.3, -0.25) is 9.59 Å². The lowest BCUT2D eigenvalue weighted by atomic mass is 10.0. The fraction of sp³-hybridized carbons (Fsp3) is 0.261. The quantitative estimate of drug-likeness (QED) is 0.447. The summed E-state index contributed by atoms with van der Waals surface area (Å²) in [6.45, 7) is 1.20. The van der Waals surface area contributed by atoms with Gasteiger partial charge in [-0.05, 0) is 49.4 Å². The number of nitrogens with zero attached hydrogens (tertiary/aromatic N) is 1. The van der Waals surface area contributed by atoms with Crippen LogP contribution in [-0.4, -0.2) is 33.9 Å². The molecule has 8 heteroatoms. The van der Waals surface area contributed by atoms with Crippen molar-refractivity contribution in [3.8, 4) is 5.75 Å². The number of ether oxygens (including phenoxy) is 1. The minimum atomic E-state index is -1.17. The molecule has 3 N–H and O–H groups in total. The first-order chi connectivity index (χ1) is 14.8.